The van der Waals surface area contributed by atoms with Gasteiger partial charge in [-0.3, -0.25) is 14.2 Å². The molecule has 1 amide bonds. The minimum atomic E-state index is -4.40. The van der Waals surface area contributed by atoms with Crippen LogP contribution >= 0.6 is 15.9 Å². The zero-order valence-corrected chi connectivity index (χ0v) is 17.6. The number of aromatic nitrogens is 4. The molecule has 0 aliphatic carbocycles. The van der Waals surface area contributed by atoms with Gasteiger partial charge in [-0.2, -0.15) is 23.4 Å². The Morgan fingerprint density at radius 3 is 2.52 bits per heavy atom. The molecule has 10 heteroatoms. The zero-order chi connectivity index (χ0) is 21.3. The van der Waals surface area contributed by atoms with Crippen LogP contribution in [-0.2, 0) is 24.1 Å². The van der Waals surface area contributed by atoms with E-state index in [1.165, 1.54) is 10.7 Å². The van der Waals surface area contributed by atoms with Crippen molar-refractivity contribution < 1.29 is 18.0 Å². The van der Waals surface area contributed by atoms with Gasteiger partial charge in [-0.1, -0.05) is 12.1 Å². The fourth-order valence-corrected chi connectivity index (χ4v) is 3.27. The van der Waals surface area contributed by atoms with Crippen molar-refractivity contribution in [3.05, 3.63) is 63.1 Å². The van der Waals surface area contributed by atoms with Crippen LogP contribution in [0.15, 0.2) is 34.9 Å². The Balaban J connectivity index is 1.75. The highest BCUT2D eigenvalue weighted by Gasteiger charge is 2.30. The van der Waals surface area contributed by atoms with Crippen molar-refractivity contribution in [1.29, 1.82) is 0 Å². The normalized spacial score (nSPS) is 11.7. The summed E-state index contributed by atoms with van der Waals surface area (Å²) in [6.07, 6.45) is -2.68. The first-order valence-electron chi connectivity index (χ1n) is 8.74. The maximum atomic E-state index is 12.9. The predicted molar refractivity (Wildman–Crippen MR) is 106 cm³/mol. The van der Waals surface area contributed by atoms with Gasteiger partial charge < -0.3 is 5.32 Å². The molecule has 2 aromatic heterocycles. The van der Waals surface area contributed by atoms with Gasteiger partial charge in [0.25, 0.3) is 0 Å². The molecule has 0 saturated carbocycles. The van der Waals surface area contributed by atoms with Crippen molar-refractivity contribution in [2.75, 3.05) is 5.32 Å². The first-order chi connectivity index (χ1) is 13.5. The molecule has 0 saturated heterocycles. The maximum Gasteiger partial charge on any atom is 0.416 e. The van der Waals surface area contributed by atoms with Crippen LogP contribution in [0.4, 0.5) is 18.9 Å². The third kappa shape index (κ3) is 4.87. The molecule has 154 valence electrons. The number of hydrogen-bond donors (Lipinski definition) is 1. The van der Waals surface area contributed by atoms with Gasteiger partial charge in [-0.15, -0.1) is 0 Å². The van der Waals surface area contributed by atoms with Gasteiger partial charge in [0, 0.05) is 6.20 Å². The number of alkyl halides is 3. The van der Waals surface area contributed by atoms with Crippen molar-refractivity contribution in [1.82, 2.24) is 19.6 Å². The second-order valence-electron chi connectivity index (χ2n) is 6.71. The van der Waals surface area contributed by atoms with Gasteiger partial charge in [-0.25, -0.2) is 0 Å². The lowest BCUT2D eigenvalue weighted by molar-refractivity contribution is -0.137. The van der Waals surface area contributed by atoms with Crippen LogP contribution in [0.2, 0.25) is 0 Å². The molecule has 6 nitrogen and oxygen atoms in total. The topological polar surface area (TPSA) is 64.7 Å². The number of halogens is 4. The number of aryl methyl sites for hydroxylation is 2. The van der Waals surface area contributed by atoms with Crippen molar-refractivity contribution in [3.63, 3.8) is 0 Å². The number of benzene rings is 1. The van der Waals surface area contributed by atoms with E-state index >= 15 is 0 Å². The van der Waals surface area contributed by atoms with E-state index in [1.807, 2.05) is 6.92 Å². The molecule has 1 N–H and O–H groups in total. The van der Waals surface area contributed by atoms with E-state index in [2.05, 4.69) is 31.4 Å². The number of carbonyl (C=O) groups is 1. The lowest BCUT2D eigenvalue weighted by Gasteiger charge is -2.10. The molecule has 0 fully saturated rings. The molecule has 29 heavy (non-hydrogen) atoms. The average molecular weight is 470 g/mol. The van der Waals surface area contributed by atoms with Gasteiger partial charge in [0.05, 0.1) is 39.4 Å². The monoisotopic (exact) mass is 469 g/mol. The molecule has 0 atom stereocenters. The van der Waals surface area contributed by atoms with E-state index in [-0.39, 0.29) is 19.0 Å². The predicted octanol–water partition coefficient (Wildman–Crippen LogP) is 4.47. The van der Waals surface area contributed by atoms with Gasteiger partial charge >= 0.3 is 6.18 Å². The first-order valence-corrected chi connectivity index (χ1v) is 9.53. The molecular formula is C19H19BrF3N5O. The standard InChI is InChI=1S/C19H19BrF3N5O/c1-11-16(20)9-27(25-11)10-17(29)24-18-12(2)26-28(13(18)3)8-14-5-4-6-15(7-14)19(21,22)23/h4-7,9H,8,10H2,1-3H3,(H,24,29). The van der Waals surface area contributed by atoms with E-state index in [4.69, 9.17) is 0 Å². The molecular weight excluding hydrogens is 451 g/mol. The summed E-state index contributed by atoms with van der Waals surface area (Å²) in [5.41, 5.74) is 2.33. The highest BCUT2D eigenvalue weighted by molar-refractivity contribution is 9.10. The first kappa shape index (κ1) is 21.1. The second-order valence-corrected chi connectivity index (χ2v) is 7.56. The summed E-state index contributed by atoms with van der Waals surface area (Å²) in [5.74, 6) is -0.273. The third-order valence-corrected chi connectivity index (χ3v) is 5.20. The molecule has 3 rings (SSSR count). The largest absolute Gasteiger partial charge is 0.416 e. The maximum absolute atomic E-state index is 12.9. The zero-order valence-electron chi connectivity index (χ0n) is 16.0. The summed E-state index contributed by atoms with van der Waals surface area (Å²) in [5, 5.41) is 11.4. The minimum Gasteiger partial charge on any atom is -0.321 e. The number of carbonyl (C=O) groups excluding carboxylic acids is 1. The molecule has 2 heterocycles. The number of hydrogen-bond acceptors (Lipinski definition) is 3. The summed E-state index contributed by atoms with van der Waals surface area (Å²) in [7, 11) is 0. The molecule has 3 aromatic rings. The SMILES string of the molecule is Cc1nn(CC(=O)Nc2c(C)nn(Cc3cccc(C(F)(F)F)c3)c2C)cc1Br. The number of amides is 1. The number of nitrogens with one attached hydrogen (secondary N) is 1. The summed E-state index contributed by atoms with van der Waals surface area (Å²) >= 11 is 3.35. The molecule has 0 radical (unpaired) electrons. The van der Waals surface area contributed by atoms with Crippen LogP contribution in [0.1, 0.15) is 28.2 Å². The van der Waals surface area contributed by atoms with Crippen LogP contribution in [0, 0.1) is 20.8 Å². The summed E-state index contributed by atoms with van der Waals surface area (Å²) in [6.45, 7) is 5.52. The van der Waals surface area contributed by atoms with Crippen molar-refractivity contribution in [2.45, 2.75) is 40.0 Å². The van der Waals surface area contributed by atoms with Crippen LogP contribution in [0.25, 0.3) is 0 Å². The van der Waals surface area contributed by atoms with E-state index in [9.17, 15) is 18.0 Å². The fourth-order valence-electron chi connectivity index (χ4n) is 2.95. The van der Waals surface area contributed by atoms with Crippen molar-refractivity contribution >= 4 is 27.5 Å². The molecule has 0 aliphatic heterocycles. The lowest BCUT2D eigenvalue weighted by Crippen LogP contribution is -2.20. The molecule has 1 aromatic carbocycles. The summed E-state index contributed by atoms with van der Waals surface area (Å²) in [4.78, 5) is 12.4. The smallest absolute Gasteiger partial charge is 0.321 e. The number of rotatable bonds is 5. The Labute approximate surface area is 173 Å². The van der Waals surface area contributed by atoms with Gasteiger partial charge in [-0.05, 0) is 54.4 Å². The van der Waals surface area contributed by atoms with Crippen molar-refractivity contribution in [2.24, 2.45) is 0 Å². The number of nitrogens with zero attached hydrogens (tertiary/aromatic N) is 4. The van der Waals surface area contributed by atoms with Crippen molar-refractivity contribution in [3.8, 4) is 0 Å². The average Bonchev–Trinajstić information content (AvgIpc) is 3.07. The summed E-state index contributed by atoms with van der Waals surface area (Å²) in [6, 6.07) is 5.12. The number of anilines is 1. The van der Waals surface area contributed by atoms with Crippen LogP contribution in [0.5, 0.6) is 0 Å². The minimum absolute atomic E-state index is 0.0319. The molecule has 0 spiro atoms. The van der Waals surface area contributed by atoms with Gasteiger partial charge in [0.1, 0.15) is 6.54 Å². The van der Waals surface area contributed by atoms with Gasteiger partial charge in [0.15, 0.2) is 0 Å². The quantitative estimate of drug-likeness (QED) is 0.599. The highest BCUT2D eigenvalue weighted by Crippen LogP contribution is 2.30. The van der Waals surface area contributed by atoms with Crippen LogP contribution in [-0.4, -0.2) is 25.5 Å². The van der Waals surface area contributed by atoms with E-state index in [0.717, 1.165) is 22.3 Å². The Morgan fingerprint density at radius 2 is 1.90 bits per heavy atom. The second kappa shape index (κ2) is 8.02. The van der Waals surface area contributed by atoms with Crippen LogP contribution < -0.4 is 5.32 Å². The van der Waals surface area contributed by atoms with Gasteiger partial charge in [0.2, 0.25) is 5.91 Å². The van der Waals surface area contributed by atoms with E-state index in [1.54, 1.807) is 30.8 Å². The lowest BCUT2D eigenvalue weighted by atomic mass is 10.1. The van der Waals surface area contributed by atoms with E-state index < -0.39 is 11.7 Å². The highest BCUT2D eigenvalue weighted by atomic mass is 79.9. The molecule has 0 aliphatic rings. The Bertz CT molecular complexity index is 1040. The van der Waals surface area contributed by atoms with E-state index in [0.29, 0.717) is 22.6 Å². The van der Waals surface area contributed by atoms with Crippen LogP contribution in [0.3, 0.4) is 0 Å². The third-order valence-electron chi connectivity index (χ3n) is 4.42. The molecule has 0 bridgehead atoms. The summed E-state index contributed by atoms with van der Waals surface area (Å²) < 4.78 is 42.7. The fraction of sp³-hybridized carbons (Fsp3) is 0.316. The molecule has 0 unspecified atom stereocenters. The Hall–Kier alpha value is -2.62. The Kier molecular flexibility index (Phi) is 5.83. The Morgan fingerprint density at radius 1 is 1.17 bits per heavy atom.